The summed E-state index contributed by atoms with van der Waals surface area (Å²) in [6.07, 6.45) is -5.10. The maximum Gasteiger partial charge on any atom is 0.522 e. The van der Waals surface area contributed by atoms with Gasteiger partial charge in [-0.3, -0.25) is 14.1 Å². The molecule has 13 heteroatoms. The second kappa shape index (κ2) is 6.89. The number of aliphatic hydroxyl groups excluding tert-OH is 1. The number of halogens is 3. The molecule has 0 radical (unpaired) electrons. The number of amides is 1. The molecule has 1 aromatic rings. The Morgan fingerprint density at radius 2 is 2.26 bits per heavy atom. The van der Waals surface area contributed by atoms with Crippen molar-refractivity contribution >= 4 is 11.7 Å². The highest BCUT2D eigenvalue weighted by Crippen LogP contribution is 2.29. The summed E-state index contributed by atoms with van der Waals surface area (Å²) in [5.74, 6) is -0.566. The van der Waals surface area contributed by atoms with E-state index in [1.807, 2.05) is 0 Å². The number of fused-ring (bicyclic) bond motifs is 1. The molecular formula is C10H14F3N7O3. The summed E-state index contributed by atoms with van der Waals surface area (Å²) < 4.78 is 40.4. The molecule has 0 saturated heterocycles. The molecule has 1 atom stereocenters. The Morgan fingerprint density at radius 3 is 2.91 bits per heavy atom. The van der Waals surface area contributed by atoms with E-state index in [1.165, 1.54) is 0 Å². The molecule has 0 saturated carbocycles. The van der Waals surface area contributed by atoms with Crippen molar-refractivity contribution in [1.82, 2.24) is 19.9 Å². The third-order valence-corrected chi connectivity index (χ3v) is 2.77. The van der Waals surface area contributed by atoms with Gasteiger partial charge in [0.25, 0.3) is 5.91 Å². The summed E-state index contributed by atoms with van der Waals surface area (Å²) in [5, 5.41) is 20.6. The zero-order chi connectivity index (χ0) is 17.0. The molecule has 2 heterocycles. The van der Waals surface area contributed by atoms with Gasteiger partial charge in [-0.15, -0.1) is 18.3 Å². The van der Waals surface area contributed by atoms with Gasteiger partial charge in [0, 0.05) is 13.1 Å². The number of nitrogens with one attached hydrogen (secondary N) is 1. The van der Waals surface area contributed by atoms with Gasteiger partial charge in [-0.2, -0.15) is 0 Å². The minimum Gasteiger partial charge on any atom is -0.355 e. The molecule has 1 amide bonds. The van der Waals surface area contributed by atoms with Crippen molar-refractivity contribution in [1.29, 1.82) is 0 Å². The van der Waals surface area contributed by atoms with Crippen LogP contribution in [-0.4, -0.2) is 58.2 Å². The highest BCUT2D eigenvalue weighted by Gasteiger charge is 2.31. The van der Waals surface area contributed by atoms with E-state index in [-0.39, 0.29) is 31.1 Å². The van der Waals surface area contributed by atoms with Crippen LogP contribution in [0.5, 0.6) is 0 Å². The first-order chi connectivity index (χ1) is 10.8. The normalized spacial score (nSPS) is 17.3. The number of hydrogen-bond acceptors (Lipinski definition) is 8. The van der Waals surface area contributed by atoms with Crippen LogP contribution in [0.15, 0.2) is 16.7 Å². The van der Waals surface area contributed by atoms with E-state index >= 15 is 0 Å². The molecule has 0 fully saturated rings. The predicted molar refractivity (Wildman–Crippen MR) is 68.1 cm³/mol. The summed E-state index contributed by atoms with van der Waals surface area (Å²) >= 11 is 0. The molecule has 1 aliphatic heterocycles. The number of carbonyl (C=O) groups excluding carboxylic acids is 1. The Morgan fingerprint density at radius 1 is 1.52 bits per heavy atom. The number of aromatic nitrogens is 2. The van der Waals surface area contributed by atoms with Crippen LogP contribution in [0.3, 0.4) is 0 Å². The Balaban J connectivity index is 2.03. The van der Waals surface area contributed by atoms with E-state index < -0.39 is 25.2 Å². The number of nitrogens with zero attached hydrogens (tertiary/aromatic N) is 5. The SMILES string of the molecule is NCCNC(=O)c1ncn2c1N=NN(CCOC(F)(F)F)C2O. The fourth-order valence-electron chi connectivity index (χ4n) is 1.76. The van der Waals surface area contributed by atoms with Crippen molar-refractivity contribution in [2.24, 2.45) is 16.1 Å². The van der Waals surface area contributed by atoms with Gasteiger partial charge in [-0.1, -0.05) is 5.22 Å². The van der Waals surface area contributed by atoms with Crippen molar-refractivity contribution in [3.63, 3.8) is 0 Å². The number of imidazole rings is 1. The van der Waals surface area contributed by atoms with E-state index in [4.69, 9.17) is 5.73 Å². The first kappa shape index (κ1) is 17.1. The number of nitrogens with two attached hydrogens (primary N) is 1. The van der Waals surface area contributed by atoms with Crippen LogP contribution in [-0.2, 0) is 4.74 Å². The summed E-state index contributed by atoms with van der Waals surface area (Å²) in [5.41, 5.74) is 5.19. The second-order valence-electron chi connectivity index (χ2n) is 4.36. The van der Waals surface area contributed by atoms with Crippen LogP contribution in [0.2, 0.25) is 0 Å². The molecule has 0 bridgehead atoms. The predicted octanol–water partition coefficient (Wildman–Crippen LogP) is -0.129. The van der Waals surface area contributed by atoms with E-state index in [9.17, 15) is 23.1 Å². The van der Waals surface area contributed by atoms with Crippen molar-refractivity contribution in [3.05, 3.63) is 12.0 Å². The topological polar surface area (TPSA) is 130 Å². The number of hydrogen-bond donors (Lipinski definition) is 3. The molecule has 1 aromatic heterocycles. The van der Waals surface area contributed by atoms with E-state index in [0.29, 0.717) is 0 Å². The van der Waals surface area contributed by atoms with Crippen LogP contribution >= 0.6 is 0 Å². The van der Waals surface area contributed by atoms with Crippen LogP contribution in [0.25, 0.3) is 0 Å². The average Bonchev–Trinajstić information content (AvgIpc) is 2.90. The Hall–Kier alpha value is -2.25. The van der Waals surface area contributed by atoms with Crippen LogP contribution in [0.4, 0.5) is 19.0 Å². The fourth-order valence-corrected chi connectivity index (χ4v) is 1.76. The smallest absolute Gasteiger partial charge is 0.355 e. The van der Waals surface area contributed by atoms with Gasteiger partial charge in [-0.25, -0.2) is 9.99 Å². The quantitative estimate of drug-likeness (QED) is 0.663. The molecule has 0 spiro atoms. The molecular weight excluding hydrogens is 323 g/mol. The second-order valence-corrected chi connectivity index (χ2v) is 4.36. The Kier molecular flexibility index (Phi) is 5.12. The van der Waals surface area contributed by atoms with Crippen LogP contribution in [0, 0.1) is 0 Å². The highest BCUT2D eigenvalue weighted by molar-refractivity contribution is 5.96. The van der Waals surface area contributed by atoms with Crippen molar-refractivity contribution < 1.29 is 27.8 Å². The zero-order valence-electron chi connectivity index (χ0n) is 11.7. The average molecular weight is 337 g/mol. The maximum atomic E-state index is 11.9. The maximum absolute atomic E-state index is 11.9. The molecule has 1 unspecified atom stereocenters. The monoisotopic (exact) mass is 337 g/mol. The number of ether oxygens (including phenoxy) is 1. The molecule has 2 rings (SSSR count). The third kappa shape index (κ3) is 4.14. The van der Waals surface area contributed by atoms with Gasteiger partial charge < -0.3 is 16.2 Å². The van der Waals surface area contributed by atoms with Crippen LogP contribution in [0.1, 0.15) is 16.8 Å². The van der Waals surface area contributed by atoms with Gasteiger partial charge in [0.2, 0.25) is 6.35 Å². The van der Waals surface area contributed by atoms with Crippen LogP contribution < -0.4 is 11.1 Å². The van der Waals surface area contributed by atoms with Crippen molar-refractivity contribution in [3.8, 4) is 0 Å². The molecule has 1 aliphatic rings. The van der Waals surface area contributed by atoms with E-state index in [0.717, 1.165) is 15.9 Å². The van der Waals surface area contributed by atoms with Crippen molar-refractivity contribution in [2.45, 2.75) is 12.7 Å². The summed E-state index contributed by atoms with van der Waals surface area (Å²) in [7, 11) is 0. The van der Waals surface area contributed by atoms with Gasteiger partial charge in [0.05, 0.1) is 13.2 Å². The fraction of sp³-hybridized carbons (Fsp3) is 0.600. The first-order valence-electron chi connectivity index (χ1n) is 6.45. The van der Waals surface area contributed by atoms with Gasteiger partial charge in [0.15, 0.2) is 11.5 Å². The van der Waals surface area contributed by atoms with Crippen molar-refractivity contribution in [2.75, 3.05) is 26.2 Å². The lowest BCUT2D eigenvalue weighted by molar-refractivity contribution is -0.326. The summed E-state index contributed by atoms with van der Waals surface area (Å²) in [4.78, 5) is 15.6. The Labute approximate surface area is 127 Å². The van der Waals surface area contributed by atoms with Gasteiger partial charge >= 0.3 is 6.36 Å². The lowest BCUT2D eigenvalue weighted by Crippen LogP contribution is -2.34. The summed E-state index contributed by atoms with van der Waals surface area (Å²) in [6.45, 7) is -0.644. The minimum absolute atomic E-state index is 0.0139. The standard InChI is InChI=1S/C10H14F3N7O3/c11-10(12,13)23-4-3-20-9(22)19-5-16-6(7(19)17-18-20)8(21)15-2-1-14/h5,9,22H,1-4,14H2,(H,15,21). The molecule has 128 valence electrons. The number of aliphatic hydroxyl groups is 1. The Bertz CT molecular complexity index is 589. The largest absolute Gasteiger partial charge is 0.522 e. The zero-order valence-corrected chi connectivity index (χ0v) is 11.7. The lowest BCUT2D eigenvalue weighted by atomic mass is 10.4. The van der Waals surface area contributed by atoms with E-state index in [1.54, 1.807) is 0 Å². The lowest BCUT2D eigenvalue weighted by Gasteiger charge is -2.27. The molecule has 10 nitrogen and oxygen atoms in total. The number of rotatable bonds is 6. The van der Waals surface area contributed by atoms with E-state index in [2.05, 4.69) is 25.4 Å². The highest BCUT2D eigenvalue weighted by atomic mass is 19.4. The number of carbonyl (C=O) groups is 1. The molecule has 23 heavy (non-hydrogen) atoms. The molecule has 0 aromatic carbocycles. The third-order valence-electron chi connectivity index (χ3n) is 2.77. The van der Waals surface area contributed by atoms with Gasteiger partial charge in [0.1, 0.15) is 6.33 Å². The molecule has 0 aliphatic carbocycles. The minimum atomic E-state index is -4.77. The first-order valence-corrected chi connectivity index (χ1v) is 6.45. The summed E-state index contributed by atoms with van der Waals surface area (Å²) in [6, 6.07) is 0. The number of alkyl halides is 3. The molecule has 4 N–H and O–H groups in total. The van der Waals surface area contributed by atoms with Gasteiger partial charge in [-0.05, 0) is 0 Å².